The minimum atomic E-state index is 0.112. The van der Waals surface area contributed by atoms with Gasteiger partial charge in [0.2, 0.25) is 5.91 Å². The van der Waals surface area contributed by atoms with E-state index in [9.17, 15) is 4.79 Å². The molecule has 3 atom stereocenters. The maximum Gasteiger partial charge on any atom is 0.229 e. The lowest BCUT2D eigenvalue weighted by molar-refractivity contribution is -0.136. The Morgan fingerprint density at radius 3 is 2.57 bits per heavy atom. The van der Waals surface area contributed by atoms with Crippen molar-refractivity contribution in [3.8, 4) is 0 Å². The van der Waals surface area contributed by atoms with Crippen molar-refractivity contribution in [3.63, 3.8) is 0 Å². The molecule has 1 fully saturated rings. The lowest BCUT2D eigenvalue weighted by Gasteiger charge is -2.37. The number of piperazine rings is 1. The van der Waals surface area contributed by atoms with E-state index < -0.39 is 0 Å². The van der Waals surface area contributed by atoms with Gasteiger partial charge in [0.25, 0.3) is 0 Å². The highest BCUT2D eigenvalue weighted by molar-refractivity contribution is 5.80. The number of nitrogens with one attached hydrogen (secondary N) is 1. The zero-order chi connectivity index (χ0) is 16.2. The van der Waals surface area contributed by atoms with Gasteiger partial charge in [0, 0.05) is 39.3 Å². The Morgan fingerprint density at radius 1 is 1.17 bits per heavy atom. The van der Waals surface area contributed by atoms with E-state index in [0.29, 0.717) is 17.7 Å². The van der Waals surface area contributed by atoms with Crippen LogP contribution in [0.5, 0.6) is 0 Å². The number of amides is 1. The first-order valence-electron chi connectivity index (χ1n) is 9.25. The SMILES string of the molecule is CCN1CCN(C(=O)C2C=CC(C3C=C(C)CNC3)CC2)CC1. The number of hydrogen-bond acceptors (Lipinski definition) is 3. The largest absolute Gasteiger partial charge is 0.340 e. The van der Waals surface area contributed by atoms with Crippen molar-refractivity contribution in [1.82, 2.24) is 15.1 Å². The average Bonchev–Trinajstić information content (AvgIpc) is 2.61. The first-order valence-corrected chi connectivity index (χ1v) is 9.25. The van der Waals surface area contributed by atoms with Gasteiger partial charge in [-0.2, -0.15) is 0 Å². The van der Waals surface area contributed by atoms with Crippen molar-refractivity contribution in [1.29, 1.82) is 0 Å². The van der Waals surface area contributed by atoms with Crippen molar-refractivity contribution >= 4 is 5.91 Å². The molecule has 4 heteroatoms. The van der Waals surface area contributed by atoms with Crippen LogP contribution in [0.3, 0.4) is 0 Å². The molecule has 0 radical (unpaired) electrons. The summed E-state index contributed by atoms with van der Waals surface area (Å²) in [5.41, 5.74) is 1.45. The fraction of sp³-hybridized carbons (Fsp3) is 0.737. The van der Waals surface area contributed by atoms with Crippen LogP contribution >= 0.6 is 0 Å². The van der Waals surface area contributed by atoms with E-state index in [-0.39, 0.29) is 5.92 Å². The van der Waals surface area contributed by atoms with Gasteiger partial charge in [-0.15, -0.1) is 0 Å². The Hall–Kier alpha value is -1.13. The molecule has 1 N–H and O–H groups in total. The molecule has 3 aliphatic rings. The van der Waals surface area contributed by atoms with Crippen molar-refractivity contribution in [3.05, 3.63) is 23.8 Å². The molecule has 0 aromatic heterocycles. The number of rotatable bonds is 3. The molecule has 0 aromatic carbocycles. The predicted octanol–water partition coefficient (Wildman–Crippen LogP) is 1.90. The third-order valence-corrected chi connectivity index (χ3v) is 5.68. The molecule has 1 saturated heterocycles. The summed E-state index contributed by atoms with van der Waals surface area (Å²) in [6.45, 7) is 11.4. The van der Waals surface area contributed by atoms with Crippen LogP contribution in [0.4, 0.5) is 0 Å². The van der Waals surface area contributed by atoms with Gasteiger partial charge in [-0.05, 0) is 38.1 Å². The maximum atomic E-state index is 12.7. The highest BCUT2D eigenvalue weighted by atomic mass is 16.2. The van der Waals surface area contributed by atoms with Crippen molar-refractivity contribution in [2.75, 3.05) is 45.8 Å². The van der Waals surface area contributed by atoms with Crippen LogP contribution in [0.2, 0.25) is 0 Å². The first kappa shape index (κ1) is 16.7. The summed E-state index contributed by atoms with van der Waals surface area (Å²) >= 11 is 0. The van der Waals surface area contributed by atoms with E-state index in [2.05, 4.69) is 47.2 Å². The van der Waals surface area contributed by atoms with Gasteiger partial charge in [0.05, 0.1) is 5.92 Å². The van der Waals surface area contributed by atoms with Crippen molar-refractivity contribution in [2.24, 2.45) is 17.8 Å². The quantitative estimate of drug-likeness (QED) is 0.808. The Kier molecular flexibility index (Phi) is 5.54. The number of carbonyl (C=O) groups is 1. The molecule has 2 heterocycles. The van der Waals surface area contributed by atoms with E-state index in [4.69, 9.17) is 0 Å². The molecular weight excluding hydrogens is 286 g/mol. The highest BCUT2D eigenvalue weighted by Gasteiger charge is 2.30. The Labute approximate surface area is 140 Å². The topological polar surface area (TPSA) is 35.6 Å². The summed E-state index contributed by atoms with van der Waals surface area (Å²) in [4.78, 5) is 17.2. The Balaban J connectivity index is 1.54. The Bertz CT molecular complexity index is 477. The highest BCUT2D eigenvalue weighted by Crippen LogP contribution is 2.31. The summed E-state index contributed by atoms with van der Waals surface area (Å²) in [5, 5.41) is 3.50. The zero-order valence-electron chi connectivity index (χ0n) is 14.6. The molecule has 4 nitrogen and oxygen atoms in total. The van der Waals surface area contributed by atoms with Crippen LogP contribution in [0.15, 0.2) is 23.8 Å². The summed E-state index contributed by atoms with van der Waals surface area (Å²) in [6, 6.07) is 0. The number of nitrogens with zero attached hydrogens (tertiary/aromatic N) is 2. The van der Waals surface area contributed by atoms with Crippen molar-refractivity contribution in [2.45, 2.75) is 26.7 Å². The first-order chi connectivity index (χ1) is 11.2. The van der Waals surface area contributed by atoms with E-state index in [1.165, 1.54) is 5.57 Å². The molecule has 1 aliphatic carbocycles. The van der Waals surface area contributed by atoms with Gasteiger partial charge >= 0.3 is 0 Å². The van der Waals surface area contributed by atoms with Gasteiger partial charge in [0.15, 0.2) is 0 Å². The van der Waals surface area contributed by atoms with E-state index in [0.717, 1.165) is 58.7 Å². The van der Waals surface area contributed by atoms with Gasteiger partial charge in [0.1, 0.15) is 0 Å². The molecule has 3 unspecified atom stereocenters. The molecule has 0 spiro atoms. The maximum absolute atomic E-state index is 12.7. The normalized spacial score (nSPS) is 32.7. The van der Waals surface area contributed by atoms with E-state index in [1.54, 1.807) is 0 Å². The summed E-state index contributed by atoms with van der Waals surface area (Å²) in [5.74, 6) is 1.66. The van der Waals surface area contributed by atoms with Crippen LogP contribution in [0.25, 0.3) is 0 Å². The molecule has 128 valence electrons. The van der Waals surface area contributed by atoms with Crippen LogP contribution in [-0.2, 0) is 4.79 Å². The van der Waals surface area contributed by atoms with E-state index in [1.807, 2.05) is 0 Å². The smallest absolute Gasteiger partial charge is 0.229 e. The monoisotopic (exact) mass is 317 g/mol. The van der Waals surface area contributed by atoms with Gasteiger partial charge < -0.3 is 15.1 Å². The standard InChI is InChI=1S/C19H31N3O/c1-3-21-8-10-22(11-9-21)19(23)17-6-4-16(5-7-17)18-12-15(2)13-20-14-18/h4,6,12,16-18,20H,3,5,7-11,13-14H2,1-2H3. The zero-order valence-corrected chi connectivity index (χ0v) is 14.6. The lowest BCUT2D eigenvalue weighted by atomic mass is 9.79. The minimum Gasteiger partial charge on any atom is -0.340 e. The van der Waals surface area contributed by atoms with Crippen LogP contribution in [-0.4, -0.2) is 61.5 Å². The summed E-state index contributed by atoms with van der Waals surface area (Å²) in [6.07, 6.45) is 9.09. The molecule has 0 aromatic rings. The number of allylic oxidation sites excluding steroid dienone is 1. The third-order valence-electron chi connectivity index (χ3n) is 5.68. The minimum absolute atomic E-state index is 0.112. The number of hydrogen-bond donors (Lipinski definition) is 1. The van der Waals surface area contributed by atoms with Gasteiger partial charge in [-0.25, -0.2) is 0 Å². The fourth-order valence-corrected chi connectivity index (χ4v) is 4.12. The average molecular weight is 317 g/mol. The second-order valence-corrected chi connectivity index (χ2v) is 7.30. The van der Waals surface area contributed by atoms with Crippen LogP contribution in [0, 0.1) is 17.8 Å². The second kappa shape index (κ2) is 7.63. The summed E-state index contributed by atoms with van der Waals surface area (Å²) in [7, 11) is 0. The number of likely N-dealkylation sites (N-methyl/N-ethyl adjacent to an activating group) is 1. The molecule has 0 saturated carbocycles. The molecule has 3 rings (SSSR count). The lowest BCUT2D eigenvalue weighted by Crippen LogP contribution is -2.50. The van der Waals surface area contributed by atoms with Crippen LogP contribution < -0.4 is 5.32 Å². The van der Waals surface area contributed by atoms with Gasteiger partial charge in [-0.1, -0.05) is 30.7 Å². The summed E-state index contributed by atoms with van der Waals surface area (Å²) < 4.78 is 0. The fourth-order valence-electron chi connectivity index (χ4n) is 4.12. The molecule has 2 aliphatic heterocycles. The molecule has 1 amide bonds. The van der Waals surface area contributed by atoms with Crippen LogP contribution in [0.1, 0.15) is 26.7 Å². The Morgan fingerprint density at radius 2 is 1.96 bits per heavy atom. The van der Waals surface area contributed by atoms with Gasteiger partial charge in [-0.3, -0.25) is 4.79 Å². The number of carbonyl (C=O) groups excluding carboxylic acids is 1. The third kappa shape index (κ3) is 4.04. The molecular formula is C19H31N3O. The molecule has 23 heavy (non-hydrogen) atoms. The predicted molar refractivity (Wildman–Crippen MR) is 94.2 cm³/mol. The van der Waals surface area contributed by atoms with Crippen molar-refractivity contribution < 1.29 is 4.79 Å². The van der Waals surface area contributed by atoms with E-state index >= 15 is 0 Å². The molecule has 0 bridgehead atoms. The second-order valence-electron chi connectivity index (χ2n) is 7.30.